The van der Waals surface area contributed by atoms with Gasteiger partial charge in [-0.2, -0.15) is 0 Å². The monoisotopic (exact) mass is 292 g/mol. The Labute approximate surface area is 125 Å². The van der Waals surface area contributed by atoms with Gasteiger partial charge in [0.1, 0.15) is 0 Å². The number of nitro groups is 1. The molecular weight excluding hydrogens is 268 g/mol. The van der Waals surface area contributed by atoms with E-state index in [1.165, 1.54) is 6.42 Å². The lowest BCUT2D eigenvalue weighted by atomic mass is 10.1. The summed E-state index contributed by atoms with van der Waals surface area (Å²) in [5, 5.41) is 14.8. The first-order valence-corrected chi connectivity index (χ1v) is 7.57. The summed E-state index contributed by atoms with van der Waals surface area (Å²) in [4.78, 5) is 17.5. The first-order chi connectivity index (χ1) is 9.99. The zero-order chi connectivity index (χ0) is 15.4. The molecule has 0 spiro atoms. The fourth-order valence-corrected chi connectivity index (χ4v) is 2.86. The smallest absolute Gasteiger partial charge is 0.314 e. The van der Waals surface area contributed by atoms with Crippen LogP contribution < -0.4 is 10.2 Å². The summed E-state index contributed by atoms with van der Waals surface area (Å²) in [5.41, 5.74) is 0.800. The lowest BCUT2D eigenvalue weighted by Crippen LogP contribution is -2.40. The van der Waals surface area contributed by atoms with E-state index in [9.17, 15) is 10.1 Å². The van der Waals surface area contributed by atoms with E-state index in [0.29, 0.717) is 23.3 Å². The predicted molar refractivity (Wildman–Crippen MR) is 83.7 cm³/mol. The highest BCUT2D eigenvalue weighted by Gasteiger charge is 2.27. The van der Waals surface area contributed by atoms with E-state index in [0.717, 1.165) is 26.1 Å². The molecule has 1 saturated heterocycles. The van der Waals surface area contributed by atoms with Gasteiger partial charge in [-0.25, -0.2) is 4.98 Å². The third kappa shape index (κ3) is 3.91. The Hall–Kier alpha value is -1.69. The minimum Gasteiger partial charge on any atom is -0.349 e. The minimum atomic E-state index is -0.312. The van der Waals surface area contributed by atoms with Crippen LogP contribution in [0, 0.1) is 23.0 Å². The number of nitrogens with one attached hydrogen (secondary N) is 1. The number of aromatic nitrogens is 1. The molecule has 0 amide bonds. The second-order valence-corrected chi connectivity index (χ2v) is 6.15. The zero-order valence-corrected chi connectivity index (χ0v) is 13.0. The summed E-state index contributed by atoms with van der Waals surface area (Å²) >= 11 is 0. The van der Waals surface area contributed by atoms with Gasteiger partial charge in [0.05, 0.1) is 4.92 Å². The van der Waals surface area contributed by atoms with Crippen molar-refractivity contribution < 1.29 is 4.92 Å². The highest BCUT2D eigenvalue weighted by molar-refractivity contribution is 5.61. The van der Waals surface area contributed by atoms with Gasteiger partial charge in [-0.3, -0.25) is 10.1 Å². The molecule has 1 aromatic rings. The van der Waals surface area contributed by atoms with Gasteiger partial charge in [-0.05, 0) is 38.3 Å². The van der Waals surface area contributed by atoms with Gasteiger partial charge in [0.25, 0.3) is 0 Å². The number of nitrogens with zero attached hydrogens (tertiary/aromatic N) is 3. The molecule has 6 nitrogen and oxygen atoms in total. The van der Waals surface area contributed by atoms with E-state index in [1.807, 2.05) is 0 Å². The highest BCUT2D eigenvalue weighted by Crippen LogP contribution is 2.30. The summed E-state index contributed by atoms with van der Waals surface area (Å²) in [6, 6.07) is 2.09. The summed E-state index contributed by atoms with van der Waals surface area (Å²) in [6.45, 7) is 8.59. The molecule has 0 aromatic carbocycles. The maximum atomic E-state index is 11.4. The Balaban J connectivity index is 2.31. The Kier molecular flexibility index (Phi) is 5.12. The summed E-state index contributed by atoms with van der Waals surface area (Å²) in [7, 11) is 0. The number of rotatable bonds is 6. The Morgan fingerprint density at radius 2 is 2.33 bits per heavy atom. The third-order valence-electron chi connectivity index (χ3n) is 3.78. The van der Waals surface area contributed by atoms with Crippen LogP contribution in [0.15, 0.2) is 12.3 Å². The SMILES string of the molecule is Cc1ccnc(N(CC(C)C)CC2CCCN2)c1[N+](=O)[O-]. The van der Waals surface area contributed by atoms with Gasteiger partial charge in [-0.15, -0.1) is 0 Å². The zero-order valence-electron chi connectivity index (χ0n) is 13.0. The van der Waals surface area contributed by atoms with Crippen LogP contribution >= 0.6 is 0 Å². The first kappa shape index (κ1) is 15.7. The van der Waals surface area contributed by atoms with E-state index >= 15 is 0 Å². The molecule has 1 atom stereocenters. The normalized spacial score (nSPS) is 18.2. The molecule has 1 aliphatic heterocycles. The van der Waals surface area contributed by atoms with Gasteiger partial charge in [0.2, 0.25) is 5.82 Å². The lowest BCUT2D eigenvalue weighted by molar-refractivity contribution is -0.384. The summed E-state index contributed by atoms with van der Waals surface area (Å²) < 4.78 is 0. The Bertz CT molecular complexity index is 498. The topological polar surface area (TPSA) is 71.3 Å². The number of anilines is 1. The predicted octanol–water partition coefficient (Wildman–Crippen LogP) is 2.51. The molecule has 0 bridgehead atoms. The third-order valence-corrected chi connectivity index (χ3v) is 3.78. The van der Waals surface area contributed by atoms with Crippen LogP contribution in [0.25, 0.3) is 0 Å². The van der Waals surface area contributed by atoms with Crippen molar-refractivity contribution in [3.05, 3.63) is 27.9 Å². The van der Waals surface area contributed by atoms with Crippen molar-refractivity contribution in [2.24, 2.45) is 5.92 Å². The van der Waals surface area contributed by atoms with E-state index in [4.69, 9.17) is 0 Å². The number of hydrogen-bond acceptors (Lipinski definition) is 5. The van der Waals surface area contributed by atoms with Crippen molar-refractivity contribution >= 4 is 11.5 Å². The average Bonchev–Trinajstić information content (AvgIpc) is 2.89. The highest BCUT2D eigenvalue weighted by atomic mass is 16.6. The van der Waals surface area contributed by atoms with Crippen molar-refractivity contribution in [1.29, 1.82) is 0 Å². The minimum absolute atomic E-state index is 0.135. The van der Waals surface area contributed by atoms with E-state index in [1.54, 1.807) is 19.2 Å². The van der Waals surface area contributed by atoms with Gasteiger partial charge < -0.3 is 10.2 Å². The van der Waals surface area contributed by atoms with Crippen LogP contribution in [0.4, 0.5) is 11.5 Å². The van der Waals surface area contributed by atoms with Crippen molar-refractivity contribution in [3.8, 4) is 0 Å². The van der Waals surface area contributed by atoms with Crippen LogP contribution in [0.3, 0.4) is 0 Å². The lowest BCUT2D eigenvalue weighted by Gasteiger charge is -2.28. The van der Waals surface area contributed by atoms with Crippen molar-refractivity contribution in [3.63, 3.8) is 0 Å². The largest absolute Gasteiger partial charge is 0.349 e. The van der Waals surface area contributed by atoms with Gasteiger partial charge in [-0.1, -0.05) is 13.8 Å². The summed E-state index contributed by atoms with van der Waals surface area (Å²) in [6.07, 6.45) is 3.95. The molecule has 21 heavy (non-hydrogen) atoms. The van der Waals surface area contributed by atoms with E-state index in [-0.39, 0.29) is 10.6 Å². The molecule has 2 heterocycles. The van der Waals surface area contributed by atoms with E-state index in [2.05, 4.69) is 29.0 Å². The molecule has 1 aromatic heterocycles. The summed E-state index contributed by atoms with van der Waals surface area (Å²) in [5.74, 6) is 0.927. The molecule has 116 valence electrons. The Morgan fingerprint density at radius 3 is 2.90 bits per heavy atom. The fraction of sp³-hybridized carbons (Fsp3) is 0.667. The molecule has 0 saturated carbocycles. The maximum absolute atomic E-state index is 11.4. The molecule has 1 aliphatic rings. The Morgan fingerprint density at radius 1 is 1.57 bits per heavy atom. The standard InChI is InChI=1S/C15H24N4O2/c1-11(2)9-18(10-13-5-4-7-16-13)15-14(19(20)21)12(3)6-8-17-15/h6,8,11,13,16H,4-5,7,9-10H2,1-3H3. The van der Waals surface area contributed by atoms with E-state index < -0.39 is 0 Å². The van der Waals surface area contributed by atoms with Crippen LogP contribution in [0.5, 0.6) is 0 Å². The van der Waals surface area contributed by atoms with Gasteiger partial charge >= 0.3 is 5.69 Å². The second-order valence-electron chi connectivity index (χ2n) is 6.15. The molecule has 1 N–H and O–H groups in total. The van der Waals surface area contributed by atoms with Crippen molar-refractivity contribution in [2.45, 2.75) is 39.7 Å². The van der Waals surface area contributed by atoms with Gasteiger partial charge in [0, 0.05) is 30.9 Å². The molecule has 6 heteroatoms. The number of aryl methyl sites for hydroxylation is 1. The van der Waals surface area contributed by atoms with Crippen molar-refractivity contribution in [1.82, 2.24) is 10.3 Å². The molecular formula is C15H24N4O2. The fourth-order valence-electron chi connectivity index (χ4n) is 2.86. The molecule has 0 aliphatic carbocycles. The molecule has 2 rings (SSSR count). The number of hydrogen-bond donors (Lipinski definition) is 1. The first-order valence-electron chi connectivity index (χ1n) is 7.57. The second kappa shape index (κ2) is 6.85. The number of pyridine rings is 1. The van der Waals surface area contributed by atoms with Crippen LogP contribution in [0.2, 0.25) is 0 Å². The van der Waals surface area contributed by atoms with Crippen LogP contribution in [-0.2, 0) is 0 Å². The molecule has 1 fully saturated rings. The van der Waals surface area contributed by atoms with Crippen LogP contribution in [-0.4, -0.2) is 35.6 Å². The van der Waals surface area contributed by atoms with Crippen molar-refractivity contribution in [2.75, 3.05) is 24.5 Å². The quantitative estimate of drug-likeness (QED) is 0.644. The van der Waals surface area contributed by atoms with Gasteiger partial charge in [0.15, 0.2) is 0 Å². The average molecular weight is 292 g/mol. The molecule has 1 unspecified atom stereocenters. The maximum Gasteiger partial charge on any atom is 0.314 e. The molecule has 0 radical (unpaired) electrons. The van der Waals surface area contributed by atoms with Crippen LogP contribution in [0.1, 0.15) is 32.3 Å².